The third-order valence-corrected chi connectivity index (χ3v) is 6.11. The number of methoxy groups -OCH3 is 1. The van der Waals surface area contributed by atoms with Crippen LogP contribution in [-0.4, -0.2) is 30.1 Å². The maximum atomic E-state index is 13.9. The van der Waals surface area contributed by atoms with Crippen LogP contribution in [-0.2, 0) is 17.8 Å². The lowest BCUT2D eigenvalue weighted by atomic mass is 10.1. The molecule has 1 aromatic carbocycles. The van der Waals surface area contributed by atoms with Gasteiger partial charge in [0.05, 0.1) is 12.6 Å². The van der Waals surface area contributed by atoms with Crippen molar-refractivity contribution < 1.29 is 18.7 Å². The quantitative estimate of drug-likeness (QED) is 0.474. The SMILES string of the molecule is CCC(NC(=O)c1cn(CCOC)cc(C(=O)NCc2ccccc2F)c1=O)c1cccs1. The predicted octanol–water partition coefficient (Wildman–Crippen LogP) is 3.51. The Balaban J connectivity index is 1.87. The van der Waals surface area contributed by atoms with Crippen LogP contribution in [0.15, 0.2) is 59.0 Å². The Morgan fingerprint density at radius 3 is 2.48 bits per heavy atom. The normalized spacial score (nSPS) is 11.7. The summed E-state index contributed by atoms with van der Waals surface area (Å²) in [4.78, 5) is 39.9. The Morgan fingerprint density at radius 2 is 1.85 bits per heavy atom. The fourth-order valence-corrected chi connectivity index (χ4v) is 4.15. The number of aromatic nitrogens is 1. The molecule has 3 rings (SSSR count). The smallest absolute Gasteiger partial charge is 0.257 e. The summed E-state index contributed by atoms with van der Waals surface area (Å²) in [6, 6.07) is 9.62. The molecule has 2 heterocycles. The van der Waals surface area contributed by atoms with E-state index >= 15 is 0 Å². The van der Waals surface area contributed by atoms with Gasteiger partial charge >= 0.3 is 0 Å². The fraction of sp³-hybridized carbons (Fsp3) is 0.292. The molecule has 0 saturated carbocycles. The average molecular weight is 472 g/mol. The summed E-state index contributed by atoms with van der Waals surface area (Å²) in [7, 11) is 1.53. The van der Waals surface area contributed by atoms with Gasteiger partial charge in [-0.15, -0.1) is 11.3 Å². The molecule has 174 valence electrons. The van der Waals surface area contributed by atoms with E-state index in [9.17, 15) is 18.8 Å². The van der Waals surface area contributed by atoms with E-state index in [0.29, 0.717) is 25.1 Å². The van der Waals surface area contributed by atoms with Crippen molar-refractivity contribution in [3.05, 3.63) is 91.8 Å². The number of carbonyl (C=O) groups is 2. The highest BCUT2D eigenvalue weighted by molar-refractivity contribution is 7.10. The first-order valence-corrected chi connectivity index (χ1v) is 11.4. The number of hydrogen-bond acceptors (Lipinski definition) is 5. The Bertz CT molecular complexity index is 1160. The van der Waals surface area contributed by atoms with Gasteiger partial charge in [0.15, 0.2) is 0 Å². The molecule has 1 atom stereocenters. The molecule has 0 aliphatic heterocycles. The van der Waals surface area contributed by atoms with E-state index in [4.69, 9.17) is 4.74 Å². The van der Waals surface area contributed by atoms with Crippen LogP contribution >= 0.6 is 11.3 Å². The zero-order valence-corrected chi connectivity index (χ0v) is 19.3. The summed E-state index contributed by atoms with van der Waals surface area (Å²) in [5.74, 6) is -1.70. The van der Waals surface area contributed by atoms with Crippen molar-refractivity contribution in [3.8, 4) is 0 Å². The van der Waals surface area contributed by atoms with Crippen molar-refractivity contribution in [1.29, 1.82) is 0 Å². The second-order valence-corrected chi connectivity index (χ2v) is 8.35. The molecule has 7 nitrogen and oxygen atoms in total. The van der Waals surface area contributed by atoms with Gasteiger partial charge in [0.1, 0.15) is 16.9 Å². The summed E-state index contributed by atoms with van der Waals surface area (Å²) in [5.41, 5.74) is -0.728. The summed E-state index contributed by atoms with van der Waals surface area (Å²) in [6.45, 7) is 2.52. The molecule has 0 bridgehead atoms. The van der Waals surface area contributed by atoms with Crippen LogP contribution in [0.5, 0.6) is 0 Å². The van der Waals surface area contributed by atoms with Gasteiger partial charge in [-0.1, -0.05) is 31.2 Å². The van der Waals surface area contributed by atoms with Crippen LogP contribution in [0.25, 0.3) is 0 Å². The maximum Gasteiger partial charge on any atom is 0.257 e. The zero-order chi connectivity index (χ0) is 23.8. The summed E-state index contributed by atoms with van der Waals surface area (Å²) >= 11 is 1.52. The van der Waals surface area contributed by atoms with E-state index in [0.717, 1.165) is 4.88 Å². The molecule has 0 spiro atoms. The van der Waals surface area contributed by atoms with Crippen molar-refractivity contribution in [2.75, 3.05) is 13.7 Å². The van der Waals surface area contributed by atoms with Gasteiger partial charge in [-0.3, -0.25) is 14.4 Å². The molecule has 3 aromatic rings. The molecule has 2 N–H and O–H groups in total. The van der Waals surface area contributed by atoms with Crippen LogP contribution in [0.4, 0.5) is 4.39 Å². The second kappa shape index (κ2) is 11.5. The zero-order valence-electron chi connectivity index (χ0n) is 18.5. The number of rotatable bonds is 10. The predicted molar refractivity (Wildman–Crippen MR) is 125 cm³/mol. The Morgan fingerprint density at radius 1 is 1.12 bits per heavy atom. The molecule has 0 aliphatic carbocycles. The monoisotopic (exact) mass is 471 g/mol. The Hall–Kier alpha value is -3.30. The highest BCUT2D eigenvalue weighted by atomic mass is 32.1. The van der Waals surface area contributed by atoms with E-state index in [-0.39, 0.29) is 23.7 Å². The van der Waals surface area contributed by atoms with E-state index in [2.05, 4.69) is 10.6 Å². The van der Waals surface area contributed by atoms with Gasteiger partial charge in [-0.05, 0) is 23.9 Å². The Kier molecular flexibility index (Phi) is 8.51. The van der Waals surface area contributed by atoms with Gasteiger partial charge in [0, 0.05) is 43.0 Å². The number of benzene rings is 1. The summed E-state index contributed by atoms with van der Waals surface area (Å²) < 4.78 is 20.5. The van der Waals surface area contributed by atoms with Crippen LogP contribution in [0.1, 0.15) is 50.5 Å². The first-order chi connectivity index (χ1) is 15.9. The van der Waals surface area contributed by atoms with Crippen LogP contribution in [0, 0.1) is 5.82 Å². The fourth-order valence-electron chi connectivity index (χ4n) is 3.29. The first kappa shape index (κ1) is 24.3. The second-order valence-electron chi connectivity index (χ2n) is 7.37. The largest absolute Gasteiger partial charge is 0.383 e. The lowest BCUT2D eigenvalue weighted by molar-refractivity contribution is 0.0933. The van der Waals surface area contributed by atoms with Crippen molar-refractivity contribution in [2.45, 2.75) is 32.5 Å². The number of halogens is 1. The topological polar surface area (TPSA) is 89.4 Å². The van der Waals surface area contributed by atoms with E-state index < -0.39 is 23.1 Å². The molecular weight excluding hydrogens is 445 g/mol. The van der Waals surface area contributed by atoms with Gasteiger partial charge in [0.2, 0.25) is 5.43 Å². The van der Waals surface area contributed by atoms with Crippen LogP contribution in [0.3, 0.4) is 0 Å². The number of thiophene rings is 1. The molecule has 0 aliphatic rings. The number of nitrogens with zero attached hydrogens (tertiary/aromatic N) is 1. The minimum atomic E-state index is -0.687. The van der Waals surface area contributed by atoms with Crippen LogP contribution in [0.2, 0.25) is 0 Å². The molecule has 0 fully saturated rings. The number of ether oxygens (including phenoxy) is 1. The molecule has 2 amide bonds. The number of hydrogen-bond donors (Lipinski definition) is 2. The molecule has 0 radical (unpaired) electrons. The third-order valence-electron chi connectivity index (χ3n) is 5.12. The highest BCUT2D eigenvalue weighted by Crippen LogP contribution is 2.22. The van der Waals surface area contributed by atoms with Crippen molar-refractivity contribution in [3.63, 3.8) is 0 Å². The van der Waals surface area contributed by atoms with Crippen molar-refractivity contribution in [2.24, 2.45) is 0 Å². The van der Waals surface area contributed by atoms with Crippen molar-refractivity contribution in [1.82, 2.24) is 15.2 Å². The number of pyridine rings is 1. The summed E-state index contributed by atoms with van der Waals surface area (Å²) in [5, 5.41) is 7.37. The van der Waals surface area contributed by atoms with Gasteiger partial charge in [-0.25, -0.2) is 4.39 Å². The van der Waals surface area contributed by atoms with Gasteiger partial charge < -0.3 is 19.9 Å². The van der Waals surface area contributed by atoms with Crippen LogP contribution < -0.4 is 16.1 Å². The van der Waals surface area contributed by atoms with E-state index in [1.807, 2.05) is 24.4 Å². The van der Waals surface area contributed by atoms with E-state index in [1.165, 1.54) is 36.9 Å². The molecule has 0 saturated heterocycles. The summed E-state index contributed by atoms with van der Waals surface area (Å²) in [6.07, 6.45) is 3.45. The molecule has 33 heavy (non-hydrogen) atoms. The maximum absolute atomic E-state index is 13.9. The number of nitrogens with one attached hydrogen (secondary N) is 2. The average Bonchev–Trinajstić information content (AvgIpc) is 3.35. The highest BCUT2D eigenvalue weighted by Gasteiger charge is 2.22. The standard InChI is InChI=1S/C24H26FN3O4S/c1-3-20(21-9-6-12-33-21)27-24(31)18-15-28(10-11-32-2)14-17(22(18)29)23(30)26-13-16-7-4-5-8-19(16)25/h4-9,12,14-15,20H,3,10-11,13H2,1-2H3,(H,26,30)(H,27,31). The van der Waals surface area contributed by atoms with Crippen molar-refractivity contribution >= 4 is 23.2 Å². The lowest BCUT2D eigenvalue weighted by Crippen LogP contribution is -2.36. The number of carbonyl (C=O) groups excluding carboxylic acids is 2. The number of amides is 2. The minimum Gasteiger partial charge on any atom is -0.383 e. The van der Waals surface area contributed by atoms with E-state index in [1.54, 1.807) is 22.8 Å². The minimum absolute atomic E-state index is 0.0876. The molecule has 9 heteroatoms. The van der Waals surface area contributed by atoms with Gasteiger partial charge in [-0.2, -0.15) is 0 Å². The third kappa shape index (κ3) is 6.15. The first-order valence-electron chi connectivity index (χ1n) is 10.5. The molecule has 1 unspecified atom stereocenters. The molecule has 2 aromatic heterocycles. The lowest BCUT2D eigenvalue weighted by Gasteiger charge is -2.17. The van der Waals surface area contributed by atoms with Gasteiger partial charge in [0.25, 0.3) is 11.8 Å². The Labute approximate surface area is 195 Å². The molecular formula is C24H26FN3O4S.